The molecule has 0 aliphatic rings. The molecule has 1 atom stereocenters. The van der Waals surface area contributed by atoms with Crippen LogP contribution in [-0.4, -0.2) is 5.78 Å². The number of Topliss-reactive ketones (excluding diaryl/α,β-unsaturated/α-hetero) is 1. The SMILES string of the molecule is C=Cc1ccc(CC(C)C(C)=O)cc1C=C. The van der Waals surface area contributed by atoms with E-state index in [1.54, 1.807) is 6.92 Å². The second kappa shape index (κ2) is 5.45. The lowest BCUT2D eigenvalue weighted by Crippen LogP contribution is -2.09. The lowest BCUT2D eigenvalue weighted by atomic mass is 9.95. The predicted octanol–water partition coefficient (Wildman–Crippen LogP) is 3.74. The number of hydrogen-bond donors (Lipinski definition) is 0. The van der Waals surface area contributed by atoms with Crippen molar-refractivity contribution in [3.8, 4) is 0 Å². The average molecular weight is 214 g/mol. The van der Waals surface area contributed by atoms with Gasteiger partial charge in [0.15, 0.2) is 0 Å². The fourth-order valence-corrected chi connectivity index (χ4v) is 1.61. The third-order valence-corrected chi connectivity index (χ3v) is 2.83. The zero-order valence-corrected chi connectivity index (χ0v) is 9.99. The van der Waals surface area contributed by atoms with E-state index in [0.29, 0.717) is 0 Å². The number of carbonyl (C=O) groups is 1. The Morgan fingerprint density at radius 1 is 1.31 bits per heavy atom. The molecule has 1 nitrogen and oxygen atoms in total. The Morgan fingerprint density at radius 2 is 1.94 bits per heavy atom. The molecule has 0 aromatic heterocycles. The van der Waals surface area contributed by atoms with Crippen LogP contribution >= 0.6 is 0 Å². The first-order valence-electron chi connectivity index (χ1n) is 5.46. The maximum atomic E-state index is 11.2. The summed E-state index contributed by atoms with van der Waals surface area (Å²) in [7, 11) is 0. The minimum atomic E-state index is 0.0762. The molecule has 1 unspecified atom stereocenters. The maximum Gasteiger partial charge on any atom is 0.132 e. The fraction of sp³-hybridized carbons (Fsp3) is 0.267. The second-order valence-corrected chi connectivity index (χ2v) is 4.09. The number of rotatable bonds is 5. The Balaban J connectivity index is 2.95. The molecule has 0 radical (unpaired) electrons. The molecule has 84 valence electrons. The summed E-state index contributed by atoms with van der Waals surface area (Å²) >= 11 is 0. The van der Waals surface area contributed by atoms with Gasteiger partial charge in [-0.1, -0.05) is 50.4 Å². The van der Waals surface area contributed by atoms with Gasteiger partial charge in [-0.25, -0.2) is 0 Å². The topological polar surface area (TPSA) is 17.1 Å². The Bertz CT molecular complexity index is 415. The van der Waals surface area contributed by atoms with E-state index >= 15 is 0 Å². The van der Waals surface area contributed by atoms with Crippen LogP contribution in [0.4, 0.5) is 0 Å². The molecule has 0 heterocycles. The van der Waals surface area contributed by atoms with Crippen LogP contribution in [0, 0.1) is 5.92 Å². The molecule has 0 bridgehead atoms. The third kappa shape index (κ3) is 2.93. The summed E-state index contributed by atoms with van der Waals surface area (Å²) in [6, 6.07) is 6.14. The summed E-state index contributed by atoms with van der Waals surface area (Å²) in [6.45, 7) is 11.1. The van der Waals surface area contributed by atoms with Crippen molar-refractivity contribution in [2.45, 2.75) is 20.3 Å². The first-order valence-corrected chi connectivity index (χ1v) is 5.46. The molecule has 0 fully saturated rings. The number of benzene rings is 1. The smallest absolute Gasteiger partial charge is 0.132 e. The summed E-state index contributed by atoms with van der Waals surface area (Å²) in [5.41, 5.74) is 3.32. The second-order valence-electron chi connectivity index (χ2n) is 4.09. The average Bonchev–Trinajstić information content (AvgIpc) is 2.28. The molecule has 0 N–H and O–H groups in total. The molecule has 0 aliphatic carbocycles. The monoisotopic (exact) mass is 214 g/mol. The van der Waals surface area contributed by atoms with Gasteiger partial charge in [-0.2, -0.15) is 0 Å². The number of hydrogen-bond acceptors (Lipinski definition) is 1. The highest BCUT2D eigenvalue weighted by molar-refractivity contribution is 5.78. The molecule has 0 spiro atoms. The quantitative estimate of drug-likeness (QED) is 0.729. The number of ketones is 1. The fourth-order valence-electron chi connectivity index (χ4n) is 1.61. The molecule has 0 saturated carbocycles. The van der Waals surface area contributed by atoms with E-state index in [0.717, 1.165) is 17.5 Å². The largest absolute Gasteiger partial charge is 0.300 e. The van der Waals surface area contributed by atoms with Gasteiger partial charge in [0.2, 0.25) is 0 Å². The normalized spacial score (nSPS) is 11.9. The van der Waals surface area contributed by atoms with Crippen molar-refractivity contribution in [3.63, 3.8) is 0 Å². The van der Waals surface area contributed by atoms with Crippen LogP contribution in [0.5, 0.6) is 0 Å². The van der Waals surface area contributed by atoms with Gasteiger partial charge < -0.3 is 0 Å². The molecule has 1 rings (SSSR count). The first kappa shape index (κ1) is 12.4. The maximum absolute atomic E-state index is 11.2. The molecule has 1 heteroatoms. The Hall–Kier alpha value is -1.63. The molecule has 1 aromatic rings. The molecule has 0 amide bonds. The van der Waals surface area contributed by atoms with Crippen LogP contribution in [0.3, 0.4) is 0 Å². The van der Waals surface area contributed by atoms with Crippen LogP contribution in [0.1, 0.15) is 30.5 Å². The van der Waals surface area contributed by atoms with Crippen LogP contribution < -0.4 is 0 Å². The Morgan fingerprint density at radius 3 is 2.44 bits per heavy atom. The van der Waals surface area contributed by atoms with E-state index in [2.05, 4.69) is 19.2 Å². The third-order valence-electron chi connectivity index (χ3n) is 2.83. The molecular formula is C15H18O. The van der Waals surface area contributed by atoms with Gasteiger partial charge in [-0.3, -0.25) is 4.79 Å². The minimum Gasteiger partial charge on any atom is -0.300 e. The van der Waals surface area contributed by atoms with Crippen molar-refractivity contribution in [2.75, 3.05) is 0 Å². The molecule has 0 saturated heterocycles. The van der Waals surface area contributed by atoms with E-state index in [4.69, 9.17) is 0 Å². The predicted molar refractivity (Wildman–Crippen MR) is 70.2 cm³/mol. The van der Waals surface area contributed by atoms with E-state index in [1.165, 1.54) is 5.56 Å². The standard InChI is InChI=1S/C15H18O/c1-5-14-8-7-13(10-15(14)6-2)9-11(3)12(4)16/h5-8,10-11H,1-2,9H2,3-4H3. The van der Waals surface area contributed by atoms with Gasteiger partial charge in [0.1, 0.15) is 5.78 Å². The van der Waals surface area contributed by atoms with Crippen LogP contribution in [-0.2, 0) is 11.2 Å². The van der Waals surface area contributed by atoms with E-state index in [9.17, 15) is 4.79 Å². The van der Waals surface area contributed by atoms with E-state index in [-0.39, 0.29) is 11.7 Å². The van der Waals surface area contributed by atoms with Gasteiger partial charge in [0.25, 0.3) is 0 Å². The number of carbonyl (C=O) groups excluding carboxylic acids is 1. The van der Waals surface area contributed by atoms with Crippen molar-refractivity contribution in [3.05, 3.63) is 48.0 Å². The van der Waals surface area contributed by atoms with E-state index < -0.39 is 0 Å². The highest BCUT2D eigenvalue weighted by Gasteiger charge is 2.09. The van der Waals surface area contributed by atoms with Crippen molar-refractivity contribution < 1.29 is 4.79 Å². The molecular weight excluding hydrogens is 196 g/mol. The highest BCUT2D eigenvalue weighted by atomic mass is 16.1. The molecule has 1 aromatic carbocycles. The van der Waals surface area contributed by atoms with Gasteiger partial charge in [0.05, 0.1) is 0 Å². The first-order chi connectivity index (χ1) is 7.58. The Labute approximate surface area is 97.5 Å². The summed E-state index contributed by atoms with van der Waals surface area (Å²) in [5, 5.41) is 0. The summed E-state index contributed by atoms with van der Waals surface area (Å²) < 4.78 is 0. The van der Waals surface area contributed by atoms with Crippen molar-refractivity contribution in [1.82, 2.24) is 0 Å². The molecule has 16 heavy (non-hydrogen) atoms. The van der Waals surface area contributed by atoms with Gasteiger partial charge >= 0.3 is 0 Å². The van der Waals surface area contributed by atoms with Crippen LogP contribution in [0.25, 0.3) is 12.2 Å². The summed E-state index contributed by atoms with van der Waals surface area (Å²) in [5.74, 6) is 0.306. The van der Waals surface area contributed by atoms with Gasteiger partial charge in [-0.15, -0.1) is 0 Å². The lowest BCUT2D eigenvalue weighted by Gasteiger charge is -2.09. The van der Waals surface area contributed by atoms with Crippen LogP contribution in [0.2, 0.25) is 0 Å². The minimum absolute atomic E-state index is 0.0762. The van der Waals surface area contributed by atoms with E-state index in [1.807, 2.05) is 31.2 Å². The van der Waals surface area contributed by atoms with Crippen LogP contribution in [0.15, 0.2) is 31.4 Å². The molecule has 0 aliphatic heterocycles. The van der Waals surface area contributed by atoms with Gasteiger partial charge in [-0.05, 0) is 30.0 Å². The summed E-state index contributed by atoms with van der Waals surface area (Å²) in [6.07, 6.45) is 4.42. The van der Waals surface area contributed by atoms with Crippen molar-refractivity contribution in [1.29, 1.82) is 0 Å². The van der Waals surface area contributed by atoms with Crippen molar-refractivity contribution in [2.24, 2.45) is 5.92 Å². The lowest BCUT2D eigenvalue weighted by molar-refractivity contribution is -0.120. The zero-order valence-electron chi connectivity index (χ0n) is 9.99. The highest BCUT2D eigenvalue weighted by Crippen LogP contribution is 2.17. The Kier molecular flexibility index (Phi) is 4.24. The van der Waals surface area contributed by atoms with Crippen molar-refractivity contribution >= 4 is 17.9 Å². The van der Waals surface area contributed by atoms with Gasteiger partial charge in [0, 0.05) is 5.92 Å². The zero-order chi connectivity index (χ0) is 12.1. The summed E-state index contributed by atoms with van der Waals surface area (Å²) in [4.78, 5) is 11.2.